The summed E-state index contributed by atoms with van der Waals surface area (Å²) in [5.74, 6) is -2.92. The molecular weight excluding hydrogens is 296 g/mol. The maximum atomic E-state index is 13.4. The number of halogens is 2. The first-order valence-corrected chi connectivity index (χ1v) is 6.43. The van der Waals surface area contributed by atoms with Crippen LogP contribution < -0.4 is 5.32 Å². The van der Waals surface area contributed by atoms with Crippen LogP contribution in [0, 0.1) is 11.6 Å². The largest absolute Gasteiger partial charge is 0.467 e. The summed E-state index contributed by atoms with van der Waals surface area (Å²) in [7, 11) is 0. The third kappa shape index (κ3) is 3.91. The number of nitrogens with one attached hydrogen (secondary N) is 1. The minimum atomic E-state index is -1.13. The summed E-state index contributed by atoms with van der Waals surface area (Å²) in [5.41, 5.74) is -0.438. The minimum Gasteiger partial charge on any atom is -0.467 e. The van der Waals surface area contributed by atoms with E-state index in [1.54, 1.807) is 12.1 Å². The van der Waals surface area contributed by atoms with Crippen LogP contribution in [0.1, 0.15) is 23.0 Å². The van der Waals surface area contributed by atoms with Gasteiger partial charge in [-0.2, -0.15) is 0 Å². The van der Waals surface area contributed by atoms with Crippen molar-refractivity contribution in [2.75, 3.05) is 0 Å². The highest BCUT2D eigenvalue weighted by Gasteiger charge is 2.21. The lowest BCUT2D eigenvalue weighted by Gasteiger charge is -2.13. The first kappa shape index (κ1) is 15.7. The highest BCUT2D eigenvalue weighted by atomic mass is 19.1. The Hall–Kier alpha value is -2.70. The van der Waals surface area contributed by atoms with Gasteiger partial charge in [0.15, 0.2) is 6.10 Å². The molecule has 0 aliphatic heterocycles. The van der Waals surface area contributed by atoms with Gasteiger partial charge in [0.25, 0.3) is 5.91 Å². The van der Waals surface area contributed by atoms with Gasteiger partial charge >= 0.3 is 5.97 Å². The number of amides is 1. The molecule has 1 aromatic heterocycles. The van der Waals surface area contributed by atoms with Crippen molar-refractivity contribution >= 4 is 11.9 Å². The van der Waals surface area contributed by atoms with Gasteiger partial charge in [0, 0.05) is 6.07 Å². The summed E-state index contributed by atoms with van der Waals surface area (Å²) in [6.45, 7) is 1.48. The Kier molecular flexibility index (Phi) is 4.88. The molecule has 2 aromatic rings. The normalized spacial score (nSPS) is 11.8. The van der Waals surface area contributed by atoms with E-state index in [0.717, 1.165) is 12.1 Å². The lowest BCUT2D eigenvalue weighted by atomic mass is 10.2. The van der Waals surface area contributed by atoms with Crippen LogP contribution >= 0.6 is 0 Å². The summed E-state index contributed by atoms with van der Waals surface area (Å²) in [4.78, 5) is 23.5. The smallest absolute Gasteiger partial charge is 0.341 e. The fourth-order valence-corrected chi connectivity index (χ4v) is 1.66. The Bertz CT molecular complexity index is 670. The standard InChI is InChI=1S/C15H13F2NO4/c1-9(14(19)18-8-11-3-2-6-21-11)22-15(20)12-5-4-10(16)7-13(12)17/h2-7,9H,8H2,1H3,(H,18,19)/t9-/m1/s1. The van der Waals surface area contributed by atoms with Gasteiger partial charge in [-0.3, -0.25) is 4.79 Å². The average Bonchev–Trinajstić information content (AvgIpc) is 2.97. The summed E-state index contributed by atoms with van der Waals surface area (Å²) in [6, 6.07) is 5.80. The molecule has 0 aliphatic carbocycles. The molecule has 0 aliphatic rings. The van der Waals surface area contributed by atoms with E-state index in [-0.39, 0.29) is 6.54 Å². The first-order valence-electron chi connectivity index (χ1n) is 6.43. The number of esters is 1. The van der Waals surface area contributed by atoms with Crippen molar-refractivity contribution < 1.29 is 27.5 Å². The molecule has 0 saturated heterocycles. The van der Waals surface area contributed by atoms with Gasteiger partial charge in [0.2, 0.25) is 0 Å². The van der Waals surface area contributed by atoms with Crippen molar-refractivity contribution in [2.45, 2.75) is 19.6 Å². The van der Waals surface area contributed by atoms with Crippen molar-refractivity contribution in [3.05, 3.63) is 59.6 Å². The maximum absolute atomic E-state index is 13.4. The van der Waals surface area contributed by atoms with Crippen LogP contribution in [-0.2, 0) is 16.1 Å². The molecule has 22 heavy (non-hydrogen) atoms. The SMILES string of the molecule is C[C@@H](OC(=O)c1ccc(F)cc1F)C(=O)NCc1ccco1. The predicted octanol–water partition coefficient (Wildman–Crippen LogP) is 2.42. The topological polar surface area (TPSA) is 68.5 Å². The summed E-state index contributed by atoms with van der Waals surface area (Å²) < 4.78 is 36.1. The number of hydrogen-bond acceptors (Lipinski definition) is 4. The van der Waals surface area contributed by atoms with Crippen LogP contribution in [-0.4, -0.2) is 18.0 Å². The van der Waals surface area contributed by atoms with E-state index in [0.29, 0.717) is 11.8 Å². The van der Waals surface area contributed by atoms with Crippen LogP contribution in [0.25, 0.3) is 0 Å². The second-order valence-electron chi connectivity index (χ2n) is 4.47. The molecular formula is C15H13F2NO4. The Balaban J connectivity index is 1.91. The number of ether oxygens (including phenoxy) is 1. The third-order valence-electron chi connectivity index (χ3n) is 2.82. The van der Waals surface area contributed by atoms with Crippen molar-refractivity contribution in [1.82, 2.24) is 5.32 Å². The molecule has 1 aromatic carbocycles. The highest BCUT2D eigenvalue weighted by Crippen LogP contribution is 2.12. The monoisotopic (exact) mass is 309 g/mol. The van der Waals surface area contributed by atoms with Gasteiger partial charge < -0.3 is 14.5 Å². The van der Waals surface area contributed by atoms with Gasteiger partial charge in [-0.05, 0) is 31.2 Å². The van der Waals surface area contributed by atoms with Crippen LogP contribution in [0.5, 0.6) is 0 Å². The molecule has 0 bridgehead atoms. The van der Waals surface area contributed by atoms with E-state index in [1.807, 2.05) is 0 Å². The first-order chi connectivity index (χ1) is 10.5. The van der Waals surface area contributed by atoms with Crippen molar-refractivity contribution in [2.24, 2.45) is 0 Å². The molecule has 116 valence electrons. The zero-order chi connectivity index (χ0) is 16.1. The quantitative estimate of drug-likeness (QED) is 0.861. The van der Waals surface area contributed by atoms with Crippen molar-refractivity contribution in [3.8, 4) is 0 Å². The second-order valence-corrected chi connectivity index (χ2v) is 4.47. The Morgan fingerprint density at radius 3 is 2.73 bits per heavy atom. The molecule has 0 unspecified atom stereocenters. The van der Waals surface area contributed by atoms with Gasteiger partial charge in [0.1, 0.15) is 17.4 Å². The third-order valence-corrected chi connectivity index (χ3v) is 2.82. The number of carbonyl (C=O) groups excluding carboxylic acids is 2. The number of benzene rings is 1. The molecule has 7 heteroatoms. The Morgan fingerprint density at radius 2 is 2.09 bits per heavy atom. The molecule has 1 N–H and O–H groups in total. The van der Waals surface area contributed by atoms with E-state index >= 15 is 0 Å². The van der Waals surface area contributed by atoms with Gasteiger partial charge in [0.05, 0.1) is 18.4 Å². The Morgan fingerprint density at radius 1 is 1.32 bits per heavy atom. The van der Waals surface area contributed by atoms with Crippen LogP contribution in [0.15, 0.2) is 41.0 Å². The lowest BCUT2D eigenvalue weighted by molar-refractivity contribution is -0.129. The van der Waals surface area contributed by atoms with Gasteiger partial charge in [-0.1, -0.05) is 0 Å². The molecule has 0 saturated carbocycles. The fourth-order valence-electron chi connectivity index (χ4n) is 1.66. The average molecular weight is 309 g/mol. The molecule has 1 amide bonds. The summed E-state index contributed by atoms with van der Waals surface area (Å²) in [5, 5.41) is 2.50. The van der Waals surface area contributed by atoms with Crippen molar-refractivity contribution in [1.29, 1.82) is 0 Å². The van der Waals surface area contributed by atoms with Gasteiger partial charge in [-0.15, -0.1) is 0 Å². The van der Waals surface area contributed by atoms with Crippen LogP contribution in [0.2, 0.25) is 0 Å². The fraction of sp³-hybridized carbons (Fsp3) is 0.200. The number of hydrogen-bond donors (Lipinski definition) is 1. The number of carbonyl (C=O) groups is 2. The molecule has 1 atom stereocenters. The number of furan rings is 1. The maximum Gasteiger partial charge on any atom is 0.341 e. The summed E-state index contributed by atoms with van der Waals surface area (Å²) in [6.07, 6.45) is 0.328. The minimum absolute atomic E-state index is 0.138. The second kappa shape index (κ2) is 6.84. The van der Waals surface area contributed by atoms with Crippen LogP contribution in [0.3, 0.4) is 0 Å². The van der Waals surface area contributed by atoms with E-state index in [1.165, 1.54) is 13.2 Å². The molecule has 2 rings (SSSR count). The zero-order valence-electron chi connectivity index (χ0n) is 11.6. The molecule has 1 heterocycles. The van der Waals surface area contributed by atoms with E-state index in [4.69, 9.17) is 9.15 Å². The predicted molar refractivity (Wildman–Crippen MR) is 71.8 cm³/mol. The van der Waals surface area contributed by atoms with Gasteiger partial charge in [-0.25, -0.2) is 13.6 Å². The van der Waals surface area contributed by atoms with Crippen molar-refractivity contribution in [3.63, 3.8) is 0 Å². The lowest BCUT2D eigenvalue weighted by Crippen LogP contribution is -2.35. The summed E-state index contributed by atoms with van der Waals surface area (Å²) >= 11 is 0. The molecule has 0 radical (unpaired) electrons. The zero-order valence-corrected chi connectivity index (χ0v) is 11.6. The van der Waals surface area contributed by atoms with E-state index < -0.39 is 35.2 Å². The molecule has 0 fully saturated rings. The Labute approximate surface area is 124 Å². The molecule has 0 spiro atoms. The number of rotatable bonds is 5. The molecule has 5 nitrogen and oxygen atoms in total. The van der Waals surface area contributed by atoms with E-state index in [9.17, 15) is 18.4 Å². The van der Waals surface area contributed by atoms with E-state index in [2.05, 4.69) is 5.32 Å². The highest BCUT2D eigenvalue weighted by molar-refractivity contribution is 5.92. The van der Waals surface area contributed by atoms with Crippen LogP contribution in [0.4, 0.5) is 8.78 Å².